The standard InChI is InChI=1S/C17H16FN3O3S/c1-9-15(16(23)21-10(2)11(3)25-17(21)19-9)20-14(22)8-24-13-7-5-4-6-12(13)18/h4-7H,8H2,1-3H3,(H,20,22). The highest BCUT2D eigenvalue weighted by molar-refractivity contribution is 7.17. The van der Waals surface area contributed by atoms with Crippen molar-refractivity contribution >= 4 is 27.9 Å². The molecule has 3 aromatic rings. The Labute approximate surface area is 146 Å². The Kier molecular flexibility index (Phi) is 4.54. The van der Waals surface area contributed by atoms with Crippen molar-refractivity contribution < 1.29 is 13.9 Å². The third-order valence-corrected chi connectivity index (χ3v) is 4.84. The zero-order valence-electron chi connectivity index (χ0n) is 13.9. The van der Waals surface area contributed by atoms with Gasteiger partial charge in [0, 0.05) is 10.6 Å². The lowest BCUT2D eigenvalue weighted by atomic mass is 10.3. The van der Waals surface area contributed by atoms with E-state index in [0.717, 1.165) is 10.6 Å². The highest BCUT2D eigenvalue weighted by Crippen LogP contribution is 2.21. The zero-order valence-corrected chi connectivity index (χ0v) is 14.7. The van der Waals surface area contributed by atoms with Gasteiger partial charge in [-0.2, -0.15) is 0 Å². The minimum absolute atomic E-state index is 0.0241. The molecular formula is C17H16FN3O3S. The van der Waals surface area contributed by atoms with Crippen LogP contribution in [0, 0.1) is 26.6 Å². The van der Waals surface area contributed by atoms with Crippen LogP contribution in [0.3, 0.4) is 0 Å². The Morgan fingerprint density at radius 3 is 2.76 bits per heavy atom. The summed E-state index contributed by atoms with van der Waals surface area (Å²) in [4.78, 5) is 30.7. The van der Waals surface area contributed by atoms with E-state index in [1.165, 1.54) is 33.9 Å². The number of nitrogens with one attached hydrogen (secondary N) is 1. The van der Waals surface area contributed by atoms with Crippen LogP contribution in [0.25, 0.3) is 4.96 Å². The second-order valence-electron chi connectivity index (χ2n) is 5.51. The maximum absolute atomic E-state index is 13.5. The number of amides is 1. The number of thiazole rings is 1. The van der Waals surface area contributed by atoms with Gasteiger partial charge < -0.3 is 10.1 Å². The number of carbonyl (C=O) groups is 1. The van der Waals surface area contributed by atoms with Crippen molar-refractivity contribution in [2.24, 2.45) is 0 Å². The molecule has 0 bridgehead atoms. The summed E-state index contributed by atoms with van der Waals surface area (Å²) in [5, 5.41) is 2.52. The Balaban J connectivity index is 1.83. The first kappa shape index (κ1) is 17.1. The van der Waals surface area contributed by atoms with E-state index < -0.39 is 18.3 Å². The fraction of sp³-hybridized carbons (Fsp3) is 0.235. The third-order valence-electron chi connectivity index (χ3n) is 3.78. The van der Waals surface area contributed by atoms with Crippen LogP contribution >= 0.6 is 11.3 Å². The molecule has 0 spiro atoms. The van der Waals surface area contributed by atoms with Gasteiger partial charge >= 0.3 is 0 Å². The van der Waals surface area contributed by atoms with Crippen molar-refractivity contribution in [1.29, 1.82) is 0 Å². The SMILES string of the molecule is Cc1nc2sc(C)c(C)n2c(=O)c1NC(=O)COc1ccccc1F. The van der Waals surface area contributed by atoms with E-state index in [1.807, 2.05) is 13.8 Å². The minimum Gasteiger partial charge on any atom is -0.481 e. The first-order valence-corrected chi connectivity index (χ1v) is 8.36. The van der Waals surface area contributed by atoms with Crippen molar-refractivity contribution in [3.05, 3.63) is 56.7 Å². The fourth-order valence-electron chi connectivity index (χ4n) is 2.36. The molecule has 0 atom stereocenters. The number of halogens is 1. The van der Waals surface area contributed by atoms with Crippen LogP contribution in [0.15, 0.2) is 29.1 Å². The number of ether oxygens (including phenoxy) is 1. The maximum atomic E-state index is 13.5. The number of carbonyl (C=O) groups excluding carboxylic acids is 1. The smallest absolute Gasteiger partial charge is 0.282 e. The van der Waals surface area contributed by atoms with E-state index in [1.54, 1.807) is 13.0 Å². The molecule has 0 saturated heterocycles. The van der Waals surface area contributed by atoms with Crippen molar-refractivity contribution in [3.63, 3.8) is 0 Å². The largest absolute Gasteiger partial charge is 0.481 e. The summed E-state index contributed by atoms with van der Waals surface area (Å²) >= 11 is 1.42. The predicted octanol–water partition coefficient (Wildman–Crippen LogP) is 2.84. The fourth-order valence-corrected chi connectivity index (χ4v) is 3.37. The average molecular weight is 361 g/mol. The number of nitrogens with zero attached hydrogens (tertiary/aromatic N) is 2. The number of hydrogen-bond donors (Lipinski definition) is 1. The van der Waals surface area contributed by atoms with Crippen LogP contribution in [-0.4, -0.2) is 21.9 Å². The summed E-state index contributed by atoms with van der Waals surface area (Å²) in [5.41, 5.74) is 0.963. The summed E-state index contributed by atoms with van der Waals surface area (Å²) in [5.74, 6) is -1.14. The molecule has 0 aliphatic carbocycles. The van der Waals surface area contributed by atoms with Crippen molar-refractivity contribution in [1.82, 2.24) is 9.38 Å². The maximum Gasteiger partial charge on any atom is 0.282 e. The lowest BCUT2D eigenvalue weighted by Gasteiger charge is -2.10. The Hall–Kier alpha value is -2.74. The topological polar surface area (TPSA) is 72.7 Å². The lowest BCUT2D eigenvalue weighted by molar-refractivity contribution is -0.118. The van der Waals surface area contributed by atoms with Gasteiger partial charge in [0.25, 0.3) is 11.5 Å². The van der Waals surface area contributed by atoms with E-state index >= 15 is 0 Å². The van der Waals surface area contributed by atoms with Gasteiger partial charge in [0.2, 0.25) is 0 Å². The van der Waals surface area contributed by atoms with E-state index in [9.17, 15) is 14.0 Å². The molecule has 6 nitrogen and oxygen atoms in total. The molecule has 2 heterocycles. The number of aryl methyl sites for hydroxylation is 3. The molecule has 130 valence electrons. The van der Waals surface area contributed by atoms with Crippen molar-refractivity contribution in [2.75, 3.05) is 11.9 Å². The number of aromatic nitrogens is 2. The minimum atomic E-state index is -0.560. The van der Waals surface area contributed by atoms with Crippen LogP contribution in [0.1, 0.15) is 16.3 Å². The number of fused-ring (bicyclic) bond motifs is 1. The highest BCUT2D eigenvalue weighted by Gasteiger charge is 2.17. The first-order valence-electron chi connectivity index (χ1n) is 7.55. The second kappa shape index (κ2) is 6.64. The summed E-state index contributed by atoms with van der Waals surface area (Å²) in [6, 6.07) is 5.79. The van der Waals surface area contributed by atoms with Crippen LogP contribution < -0.4 is 15.6 Å². The molecule has 0 aliphatic heterocycles. The molecule has 1 amide bonds. The molecule has 3 rings (SSSR count). The van der Waals surface area contributed by atoms with Gasteiger partial charge in [-0.05, 0) is 32.9 Å². The summed E-state index contributed by atoms with van der Waals surface area (Å²) < 4.78 is 20.1. The lowest BCUT2D eigenvalue weighted by Crippen LogP contribution is -2.28. The number of hydrogen-bond acceptors (Lipinski definition) is 5. The van der Waals surface area contributed by atoms with Crippen LogP contribution in [0.2, 0.25) is 0 Å². The van der Waals surface area contributed by atoms with Crippen LogP contribution in [-0.2, 0) is 4.79 Å². The predicted molar refractivity (Wildman–Crippen MR) is 94.1 cm³/mol. The Morgan fingerprint density at radius 1 is 1.32 bits per heavy atom. The quantitative estimate of drug-likeness (QED) is 0.776. The van der Waals surface area contributed by atoms with Gasteiger partial charge in [0.1, 0.15) is 5.69 Å². The highest BCUT2D eigenvalue weighted by atomic mass is 32.1. The van der Waals surface area contributed by atoms with Gasteiger partial charge in [-0.25, -0.2) is 9.37 Å². The van der Waals surface area contributed by atoms with E-state index in [0.29, 0.717) is 10.7 Å². The monoisotopic (exact) mass is 361 g/mol. The summed E-state index contributed by atoms with van der Waals surface area (Å²) in [6.07, 6.45) is 0. The van der Waals surface area contributed by atoms with Gasteiger partial charge in [-0.15, -0.1) is 11.3 Å². The molecule has 0 fully saturated rings. The normalized spacial score (nSPS) is 10.9. The Bertz CT molecular complexity index is 1030. The first-order chi connectivity index (χ1) is 11.9. The molecule has 0 aliphatic rings. The average Bonchev–Trinajstić information content (AvgIpc) is 2.85. The third kappa shape index (κ3) is 3.25. The molecule has 2 aromatic heterocycles. The number of anilines is 1. The number of para-hydroxylation sites is 1. The summed E-state index contributed by atoms with van der Waals surface area (Å²) in [7, 11) is 0. The molecule has 1 aromatic carbocycles. The van der Waals surface area contributed by atoms with Gasteiger partial charge in [-0.1, -0.05) is 12.1 Å². The van der Waals surface area contributed by atoms with E-state index in [4.69, 9.17) is 4.74 Å². The van der Waals surface area contributed by atoms with Crippen LogP contribution in [0.5, 0.6) is 5.75 Å². The molecular weight excluding hydrogens is 345 g/mol. The van der Waals surface area contributed by atoms with Gasteiger partial charge in [0.15, 0.2) is 23.1 Å². The van der Waals surface area contributed by atoms with E-state index in [2.05, 4.69) is 10.3 Å². The Morgan fingerprint density at radius 2 is 2.04 bits per heavy atom. The molecule has 0 unspecified atom stereocenters. The molecule has 8 heteroatoms. The molecule has 0 saturated carbocycles. The van der Waals surface area contributed by atoms with Gasteiger partial charge in [-0.3, -0.25) is 14.0 Å². The second-order valence-corrected chi connectivity index (χ2v) is 6.69. The van der Waals surface area contributed by atoms with Crippen molar-refractivity contribution in [2.45, 2.75) is 20.8 Å². The van der Waals surface area contributed by atoms with Crippen molar-refractivity contribution in [3.8, 4) is 5.75 Å². The van der Waals surface area contributed by atoms with Crippen LogP contribution in [0.4, 0.5) is 10.1 Å². The zero-order chi connectivity index (χ0) is 18.1. The van der Waals surface area contributed by atoms with E-state index in [-0.39, 0.29) is 17.0 Å². The molecule has 0 radical (unpaired) electrons. The van der Waals surface area contributed by atoms with Gasteiger partial charge in [0.05, 0.1) is 5.69 Å². The number of benzene rings is 1. The summed E-state index contributed by atoms with van der Waals surface area (Å²) in [6.45, 7) is 4.97. The molecule has 25 heavy (non-hydrogen) atoms. The number of rotatable bonds is 4. The molecule has 1 N–H and O–H groups in total.